The summed E-state index contributed by atoms with van der Waals surface area (Å²) in [5.41, 5.74) is 9.52. The zero-order valence-corrected chi connectivity index (χ0v) is 14.2. The lowest BCUT2D eigenvalue weighted by atomic mass is 10.2. The lowest BCUT2D eigenvalue weighted by Crippen LogP contribution is -3.08. The standard InChI is InChI=1S/C18H22N6/c1-22-12-13-23(2)18(22)21-20-15-6-10-17(11-7-15)24(3)16-8-4-14(19)5-9-16/h4-13,18H,19H2,1-3H3/p+1. The maximum Gasteiger partial charge on any atom is 0.284 e. The number of hydrogen-bond donors (Lipinski definition) is 2. The average Bonchev–Trinajstić information content (AvgIpc) is 2.92. The number of quaternary nitrogens is 1. The number of rotatable bonds is 4. The second-order valence-electron chi connectivity index (χ2n) is 5.98. The van der Waals surface area contributed by atoms with Crippen LogP contribution in [-0.4, -0.2) is 32.3 Å². The Balaban J connectivity index is 1.70. The quantitative estimate of drug-likeness (QED) is 0.670. The van der Waals surface area contributed by atoms with Gasteiger partial charge in [0.25, 0.3) is 6.29 Å². The molecular formula is C18H23N6+. The summed E-state index contributed by atoms with van der Waals surface area (Å²) >= 11 is 0. The van der Waals surface area contributed by atoms with Crippen LogP contribution < -0.4 is 15.5 Å². The van der Waals surface area contributed by atoms with E-state index in [9.17, 15) is 0 Å². The normalized spacial score (nSPS) is 20.0. The number of benzene rings is 2. The van der Waals surface area contributed by atoms with Crippen LogP contribution >= 0.6 is 0 Å². The van der Waals surface area contributed by atoms with Gasteiger partial charge in [0.15, 0.2) is 0 Å². The van der Waals surface area contributed by atoms with Gasteiger partial charge >= 0.3 is 0 Å². The molecule has 0 fully saturated rings. The molecule has 1 aliphatic heterocycles. The molecule has 0 radical (unpaired) electrons. The Bertz CT molecular complexity index is 723. The second-order valence-corrected chi connectivity index (χ2v) is 5.98. The third-order valence-electron chi connectivity index (χ3n) is 4.17. The molecule has 0 spiro atoms. The first-order valence-corrected chi connectivity index (χ1v) is 7.88. The number of nitrogens with zero attached hydrogens (tertiary/aromatic N) is 4. The molecule has 24 heavy (non-hydrogen) atoms. The molecule has 1 heterocycles. The van der Waals surface area contributed by atoms with Gasteiger partial charge in [0.05, 0.1) is 18.9 Å². The highest BCUT2D eigenvalue weighted by molar-refractivity contribution is 5.65. The van der Waals surface area contributed by atoms with E-state index in [-0.39, 0.29) is 6.29 Å². The van der Waals surface area contributed by atoms with Crippen LogP contribution in [0.15, 0.2) is 71.2 Å². The summed E-state index contributed by atoms with van der Waals surface area (Å²) in [6.07, 6.45) is 4.08. The average molecular weight is 323 g/mol. The van der Waals surface area contributed by atoms with Crippen LogP contribution in [0.25, 0.3) is 0 Å². The van der Waals surface area contributed by atoms with Crippen LogP contribution in [0.5, 0.6) is 0 Å². The molecule has 6 nitrogen and oxygen atoms in total. The highest BCUT2D eigenvalue weighted by atomic mass is 15.5. The molecule has 0 amide bonds. The van der Waals surface area contributed by atoms with E-state index in [1.807, 2.05) is 73.7 Å². The Hall–Kier alpha value is -2.86. The predicted molar refractivity (Wildman–Crippen MR) is 97.5 cm³/mol. The van der Waals surface area contributed by atoms with E-state index in [1.54, 1.807) is 0 Å². The number of nitrogens with two attached hydrogens (primary N) is 1. The molecule has 6 heteroatoms. The van der Waals surface area contributed by atoms with Gasteiger partial charge in [0.2, 0.25) is 0 Å². The number of nitrogens with one attached hydrogen (secondary N) is 1. The molecule has 3 rings (SSSR count). The van der Waals surface area contributed by atoms with Crippen molar-refractivity contribution in [2.45, 2.75) is 6.29 Å². The lowest BCUT2D eigenvalue weighted by molar-refractivity contribution is -0.856. The van der Waals surface area contributed by atoms with E-state index in [0.717, 1.165) is 22.7 Å². The van der Waals surface area contributed by atoms with Gasteiger partial charge in [0.1, 0.15) is 6.20 Å². The molecule has 124 valence electrons. The van der Waals surface area contributed by atoms with Crippen molar-refractivity contribution in [3.8, 4) is 0 Å². The Morgan fingerprint density at radius 3 is 2.17 bits per heavy atom. The summed E-state index contributed by atoms with van der Waals surface area (Å²) in [4.78, 5) is 5.34. The van der Waals surface area contributed by atoms with Crippen molar-refractivity contribution in [3.63, 3.8) is 0 Å². The molecule has 0 aromatic heterocycles. The maximum atomic E-state index is 5.74. The van der Waals surface area contributed by atoms with Crippen molar-refractivity contribution in [2.24, 2.45) is 10.2 Å². The number of anilines is 3. The molecule has 0 saturated carbocycles. The summed E-state index contributed by atoms with van der Waals surface area (Å²) in [7, 11) is 6.09. The molecule has 2 atom stereocenters. The van der Waals surface area contributed by atoms with Crippen LogP contribution in [0.3, 0.4) is 0 Å². The topological polar surface area (TPSA) is 61.7 Å². The van der Waals surface area contributed by atoms with Gasteiger partial charge in [-0.3, -0.25) is 4.90 Å². The third kappa shape index (κ3) is 3.38. The lowest BCUT2D eigenvalue weighted by Gasteiger charge is -2.19. The zero-order chi connectivity index (χ0) is 17.1. The predicted octanol–water partition coefficient (Wildman–Crippen LogP) is 2.34. The molecule has 0 bridgehead atoms. The minimum Gasteiger partial charge on any atom is -0.399 e. The van der Waals surface area contributed by atoms with Crippen molar-refractivity contribution in [2.75, 3.05) is 31.8 Å². The number of hydrogen-bond acceptors (Lipinski definition) is 5. The third-order valence-corrected chi connectivity index (χ3v) is 4.17. The first kappa shape index (κ1) is 16.0. The fraction of sp³-hybridized carbons (Fsp3) is 0.222. The number of nitrogen functional groups attached to an aromatic ring is 1. The maximum absolute atomic E-state index is 5.74. The Morgan fingerprint density at radius 1 is 1.04 bits per heavy atom. The van der Waals surface area contributed by atoms with E-state index in [1.165, 1.54) is 4.90 Å². The molecule has 2 unspecified atom stereocenters. The molecular weight excluding hydrogens is 300 g/mol. The molecule has 0 saturated heterocycles. The van der Waals surface area contributed by atoms with Crippen LogP contribution in [-0.2, 0) is 0 Å². The van der Waals surface area contributed by atoms with Gasteiger partial charge in [-0.05, 0) is 48.5 Å². The highest BCUT2D eigenvalue weighted by Gasteiger charge is 2.24. The Kier molecular flexibility index (Phi) is 4.48. The summed E-state index contributed by atoms with van der Waals surface area (Å²) in [6.45, 7) is 0. The SMILES string of the molecule is CN(c1ccc(N)cc1)c1ccc(N=NC2N(C)C=C[NH+]2C)cc1. The number of azo groups is 1. The van der Waals surface area contributed by atoms with Gasteiger partial charge in [0, 0.05) is 31.2 Å². The summed E-state index contributed by atoms with van der Waals surface area (Å²) in [5.74, 6) is 0. The van der Waals surface area contributed by atoms with E-state index in [2.05, 4.69) is 28.4 Å². The van der Waals surface area contributed by atoms with Crippen LogP contribution in [0.2, 0.25) is 0 Å². The molecule has 2 aromatic rings. The highest BCUT2D eigenvalue weighted by Crippen LogP contribution is 2.26. The van der Waals surface area contributed by atoms with Gasteiger partial charge in [-0.2, -0.15) is 0 Å². The van der Waals surface area contributed by atoms with Crippen molar-refractivity contribution in [3.05, 3.63) is 60.9 Å². The molecule has 3 N–H and O–H groups in total. The smallest absolute Gasteiger partial charge is 0.284 e. The van der Waals surface area contributed by atoms with E-state index < -0.39 is 0 Å². The Morgan fingerprint density at radius 2 is 1.62 bits per heavy atom. The minimum atomic E-state index is 0.00197. The summed E-state index contributed by atoms with van der Waals surface area (Å²) in [6, 6.07) is 15.8. The van der Waals surface area contributed by atoms with Gasteiger partial charge in [-0.25, -0.2) is 0 Å². The van der Waals surface area contributed by atoms with Gasteiger partial charge < -0.3 is 15.5 Å². The Labute approximate surface area is 142 Å². The summed E-state index contributed by atoms with van der Waals surface area (Å²) < 4.78 is 0. The first-order chi connectivity index (χ1) is 11.5. The first-order valence-electron chi connectivity index (χ1n) is 7.88. The van der Waals surface area contributed by atoms with E-state index >= 15 is 0 Å². The zero-order valence-electron chi connectivity index (χ0n) is 14.2. The molecule has 1 aliphatic rings. The van der Waals surface area contributed by atoms with Crippen LogP contribution in [0, 0.1) is 0 Å². The fourth-order valence-electron chi connectivity index (χ4n) is 2.61. The second kappa shape index (κ2) is 6.72. The van der Waals surface area contributed by atoms with Crippen molar-refractivity contribution in [1.82, 2.24) is 4.90 Å². The van der Waals surface area contributed by atoms with Gasteiger partial charge in [-0.15, -0.1) is 10.2 Å². The van der Waals surface area contributed by atoms with Crippen molar-refractivity contribution in [1.29, 1.82) is 0 Å². The van der Waals surface area contributed by atoms with E-state index in [0.29, 0.717) is 0 Å². The van der Waals surface area contributed by atoms with Crippen LogP contribution in [0.1, 0.15) is 0 Å². The van der Waals surface area contributed by atoms with Crippen molar-refractivity contribution >= 4 is 22.7 Å². The fourth-order valence-corrected chi connectivity index (χ4v) is 2.61. The minimum absolute atomic E-state index is 0.00197. The van der Waals surface area contributed by atoms with Crippen LogP contribution in [0.4, 0.5) is 22.7 Å². The molecule has 2 aromatic carbocycles. The molecule has 0 aliphatic carbocycles. The largest absolute Gasteiger partial charge is 0.399 e. The van der Waals surface area contributed by atoms with Gasteiger partial charge in [-0.1, -0.05) is 0 Å². The van der Waals surface area contributed by atoms with Crippen molar-refractivity contribution < 1.29 is 4.90 Å². The van der Waals surface area contributed by atoms with E-state index in [4.69, 9.17) is 5.73 Å². The summed E-state index contributed by atoms with van der Waals surface area (Å²) in [5, 5.41) is 8.78. The monoisotopic (exact) mass is 323 g/mol.